The molecule has 1 aliphatic rings. The summed E-state index contributed by atoms with van der Waals surface area (Å²) < 4.78 is 4.79. The first-order valence-electron chi connectivity index (χ1n) is 21.1. The van der Waals surface area contributed by atoms with Crippen LogP contribution in [0.4, 0.5) is 0 Å². The molecule has 0 saturated carbocycles. The van der Waals surface area contributed by atoms with Gasteiger partial charge < -0.3 is 9.13 Å². The van der Waals surface area contributed by atoms with Crippen molar-refractivity contribution in [1.82, 2.24) is 19.1 Å². The van der Waals surface area contributed by atoms with Gasteiger partial charge in [-0.25, -0.2) is 9.97 Å². The number of hydrogen-bond acceptors (Lipinski definition) is 2. The molecule has 0 unspecified atom stereocenters. The van der Waals surface area contributed by atoms with E-state index in [1.54, 1.807) is 0 Å². The second-order valence-corrected chi connectivity index (χ2v) is 17.0. The number of aromatic nitrogens is 4. The summed E-state index contributed by atoms with van der Waals surface area (Å²) in [6.45, 7) is 4.64. The van der Waals surface area contributed by atoms with Gasteiger partial charge >= 0.3 is 0 Å². The summed E-state index contributed by atoms with van der Waals surface area (Å²) in [5.74, 6) is 0.731. The fourth-order valence-electron chi connectivity index (χ4n) is 10.4. The van der Waals surface area contributed by atoms with Crippen molar-refractivity contribution in [2.24, 2.45) is 0 Å². The topological polar surface area (TPSA) is 35.6 Å². The summed E-state index contributed by atoms with van der Waals surface area (Å²) >= 11 is 0. The molecule has 4 nitrogen and oxygen atoms in total. The normalized spacial score (nSPS) is 13.2. The Labute approximate surface area is 352 Å². The maximum absolute atomic E-state index is 5.42. The van der Waals surface area contributed by atoms with Crippen molar-refractivity contribution >= 4 is 65.3 Å². The molecule has 286 valence electrons. The van der Waals surface area contributed by atoms with Crippen molar-refractivity contribution in [3.8, 4) is 45.1 Å². The van der Waals surface area contributed by atoms with Crippen LogP contribution in [0.1, 0.15) is 25.0 Å². The van der Waals surface area contributed by atoms with Gasteiger partial charge in [0.1, 0.15) is 0 Å². The summed E-state index contributed by atoms with van der Waals surface area (Å²) in [7, 11) is 0. The molecular formula is C57H38N4. The van der Waals surface area contributed by atoms with Gasteiger partial charge in [-0.1, -0.05) is 147 Å². The molecule has 3 aromatic heterocycles. The quantitative estimate of drug-likeness (QED) is 0.167. The van der Waals surface area contributed by atoms with Crippen LogP contribution in [-0.4, -0.2) is 19.1 Å². The summed E-state index contributed by atoms with van der Waals surface area (Å²) in [5, 5.41) is 8.30. The average molecular weight is 779 g/mol. The van der Waals surface area contributed by atoms with Gasteiger partial charge in [-0.2, -0.15) is 0 Å². The highest BCUT2D eigenvalue weighted by atomic mass is 15.0. The van der Waals surface area contributed by atoms with Gasteiger partial charge in [0.05, 0.1) is 33.3 Å². The Kier molecular flexibility index (Phi) is 7.04. The van der Waals surface area contributed by atoms with Crippen LogP contribution in [0, 0.1) is 0 Å². The van der Waals surface area contributed by atoms with Gasteiger partial charge in [0.15, 0.2) is 5.82 Å². The molecule has 0 fully saturated rings. The van der Waals surface area contributed by atoms with E-state index in [2.05, 4.69) is 217 Å². The molecule has 61 heavy (non-hydrogen) atoms. The molecule has 0 aliphatic heterocycles. The standard InChI is InChI=1S/C57H38N4/c1-57(2)48-19-9-5-15-41(48)46-33-37(26-31-49(46)57)56-58-54(45-30-25-35-13-3-4-14-40(35)55(45)59-56)36-23-27-38(28-24-36)60-52-22-12-8-18-44(52)47-34-39(29-32-53(47)60)61-50-20-10-6-16-42(50)43-17-7-11-21-51(43)61/h3-34H,1-2H3. The van der Waals surface area contributed by atoms with E-state index >= 15 is 0 Å². The fraction of sp³-hybridized carbons (Fsp3) is 0.0526. The third kappa shape index (κ3) is 4.87. The molecular weight excluding hydrogens is 741 g/mol. The molecule has 0 spiro atoms. The molecule has 13 rings (SSSR count). The lowest BCUT2D eigenvalue weighted by Crippen LogP contribution is -2.14. The van der Waals surface area contributed by atoms with Gasteiger partial charge in [0, 0.05) is 60.2 Å². The zero-order valence-corrected chi connectivity index (χ0v) is 33.8. The molecule has 9 aromatic carbocycles. The van der Waals surface area contributed by atoms with Crippen LogP contribution in [-0.2, 0) is 5.41 Å². The van der Waals surface area contributed by atoms with Crippen LogP contribution >= 0.6 is 0 Å². The Hall–Kier alpha value is -7.82. The SMILES string of the molecule is CC1(C)c2ccccc2-c2cc(-c3nc(-c4ccc(-n5c6ccccc6c6cc(-n7c8ccccc8c8ccccc87)ccc65)cc4)c4ccc5ccccc5c4n3)ccc21. The average Bonchev–Trinajstić information content (AvgIpc) is 3.91. The van der Waals surface area contributed by atoms with E-state index in [0.29, 0.717) is 0 Å². The summed E-state index contributed by atoms with van der Waals surface area (Å²) in [5.41, 5.74) is 16.2. The number of para-hydroxylation sites is 3. The lowest BCUT2D eigenvalue weighted by Gasteiger charge is -2.21. The highest BCUT2D eigenvalue weighted by Crippen LogP contribution is 2.49. The molecule has 0 amide bonds. The lowest BCUT2D eigenvalue weighted by molar-refractivity contribution is 0.660. The monoisotopic (exact) mass is 778 g/mol. The van der Waals surface area contributed by atoms with E-state index in [1.807, 2.05) is 0 Å². The molecule has 0 atom stereocenters. The van der Waals surface area contributed by atoms with Gasteiger partial charge in [0.2, 0.25) is 0 Å². The highest BCUT2D eigenvalue weighted by molar-refractivity contribution is 6.13. The van der Waals surface area contributed by atoms with Crippen molar-refractivity contribution in [3.63, 3.8) is 0 Å². The number of hydrogen-bond donors (Lipinski definition) is 0. The predicted molar refractivity (Wildman–Crippen MR) is 254 cm³/mol. The Morgan fingerprint density at radius 1 is 0.377 bits per heavy atom. The first-order chi connectivity index (χ1) is 30.0. The van der Waals surface area contributed by atoms with E-state index in [1.165, 1.54) is 71.3 Å². The van der Waals surface area contributed by atoms with Crippen molar-refractivity contribution in [3.05, 3.63) is 205 Å². The van der Waals surface area contributed by atoms with Crippen LogP contribution in [0.3, 0.4) is 0 Å². The maximum atomic E-state index is 5.42. The van der Waals surface area contributed by atoms with Crippen LogP contribution in [0.25, 0.3) is 110 Å². The number of rotatable bonds is 4. The molecule has 1 aliphatic carbocycles. The van der Waals surface area contributed by atoms with Crippen LogP contribution in [0.15, 0.2) is 194 Å². The minimum atomic E-state index is -0.0666. The van der Waals surface area contributed by atoms with E-state index in [0.717, 1.165) is 50.3 Å². The Balaban J connectivity index is 0.967. The zero-order valence-electron chi connectivity index (χ0n) is 33.8. The predicted octanol–water partition coefficient (Wildman–Crippen LogP) is 14.6. The summed E-state index contributed by atoms with van der Waals surface area (Å²) in [6, 6.07) is 70.5. The number of nitrogens with zero attached hydrogens (tertiary/aromatic N) is 4. The molecule has 3 heterocycles. The van der Waals surface area contributed by atoms with Gasteiger partial charge in [-0.05, 0) is 88.3 Å². The van der Waals surface area contributed by atoms with Gasteiger partial charge in [0.25, 0.3) is 0 Å². The van der Waals surface area contributed by atoms with E-state index in [9.17, 15) is 0 Å². The third-order valence-electron chi connectivity index (χ3n) is 13.3. The minimum Gasteiger partial charge on any atom is -0.309 e. The Bertz CT molecular complexity index is 3740. The number of fused-ring (bicyclic) bond motifs is 12. The van der Waals surface area contributed by atoms with E-state index in [-0.39, 0.29) is 5.41 Å². The largest absolute Gasteiger partial charge is 0.309 e. The van der Waals surface area contributed by atoms with Crippen molar-refractivity contribution in [1.29, 1.82) is 0 Å². The minimum absolute atomic E-state index is 0.0666. The molecule has 0 N–H and O–H groups in total. The molecule has 0 bridgehead atoms. The second-order valence-electron chi connectivity index (χ2n) is 17.0. The highest BCUT2D eigenvalue weighted by Gasteiger charge is 2.35. The molecule has 12 aromatic rings. The Morgan fingerprint density at radius 3 is 1.67 bits per heavy atom. The van der Waals surface area contributed by atoms with Crippen LogP contribution in [0.5, 0.6) is 0 Å². The van der Waals surface area contributed by atoms with Gasteiger partial charge in [-0.3, -0.25) is 0 Å². The Morgan fingerprint density at radius 2 is 0.934 bits per heavy atom. The van der Waals surface area contributed by atoms with Crippen LogP contribution < -0.4 is 0 Å². The van der Waals surface area contributed by atoms with Crippen molar-refractivity contribution in [2.75, 3.05) is 0 Å². The van der Waals surface area contributed by atoms with Crippen molar-refractivity contribution in [2.45, 2.75) is 19.3 Å². The first kappa shape index (κ1) is 34.1. The van der Waals surface area contributed by atoms with E-state index < -0.39 is 0 Å². The third-order valence-corrected chi connectivity index (χ3v) is 13.3. The maximum Gasteiger partial charge on any atom is 0.160 e. The fourth-order valence-corrected chi connectivity index (χ4v) is 10.4. The smallest absolute Gasteiger partial charge is 0.160 e. The molecule has 4 heteroatoms. The van der Waals surface area contributed by atoms with Gasteiger partial charge in [-0.15, -0.1) is 0 Å². The molecule has 0 radical (unpaired) electrons. The molecule has 0 saturated heterocycles. The zero-order chi connectivity index (χ0) is 40.4. The second kappa shape index (κ2) is 12.6. The first-order valence-corrected chi connectivity index (χ1v) is 21.1. The van der Waals surface area contributed by atoms with E-state index in [4.69, 9.17) is 9.97 Å². The summed E-state index contributed by atoms with van der Waals surface area (Å²) in [4.78, 5) is 10.8. The lowest BCUT2D eigenvalue weighted by atomic mass is 9.82. The number of benzene rings is 9. The summed E-state index contributed by atoms with van der Waals surface area (Å²) in [6.07, 6.45) is 0. The van der Waals surface area contributed by atoms with Crippen LogP contribution in [0.2, 0.25) is 0 Å². The van der Waals surface area contributed by atoms with Crippen molar-refractivity contribution < 1.29 is 0 Å².